The lowest BCUT2D eigenvalue weighted by molar-refractivity contribution is 0.0564. The van der Waals surface area contributed by atoms with Gasteiger partial charge in [-0.15, -0.1) is 0 Å². The first-order chi connectivity index (χ1) is 9.66. The van der Waals surface area contributed by atoms with Crippen LogP contribution in [0.25, 0.3) is 0 Å². The molecule has 20 heavy (non-hydrogen) atoms. The number of benzene rings is 1. The number of carbonyl (C=O) groups excluding carboxylic acids is 1. The molecule has 1 heterocycles. The van der Waals surface area contributed by atoms with Crippen LogP contribution in [0.1, 0.15) is 0 Å². The Labute approximate surface area is 117 Å². The zero-order valence-corrected chi connectivity index (χ0v) is 11.1. The van der Waals surface area contributed by atoms with Gasteiger partial charge in [-0.1, -0.05) is 12.1 Å². The minimum Gasteiger partial charge on any atom is -0.484 e. The lowest BCUT2D eigenvalue weighted by atomic mass is 10.3. The van der Waals surface area contributed by atoms with Gasteiger partial charge in [0.05, 0.1) is 18.9 Å². The van der Waals surface area contributed by atoms with E-state index in [1.165, 1.54) is 0 Å². The third-order valence-corrected chi connectivity index (χ3v) is 2.81. The minimum absolute atomic E-state index is 0.00949. The summed E-state index contributed by atoms with van der Waals surface area (Å²) in [6.45, 7) is 2.24. The monoisotopic (exact) mass is 278 g/mol. The number of amides is 2. The van der Waals surface area contributed by atoms with Crippen LogP contribution < -0.4 is 15.8 Å². The van der Waals surface area contributed by atoms with Crippen molar-refractivity contribution >= 4 is 17.6 Å². The number of para-hydroxylation sites is 2. The molecule has 4 N–H and O–H groups in total. The van der Waals surface area contributed by atoms with Gasteiger partial charge in [0.25, 0.3) is 0 Å². The number of nitrogens with zero attached hydrogens (tertiary/aromatic N) is 1. The van der Waals surface area contributed by atoms with Crippen LogP contribution in [0.5, 0.6) is 5.75 Å². The molecule has 1 saturated heterocycles. The molecule has 1 aliphatic heterocycles. The Kier molecular flexibility index (Phi) is 4.78. The Morgan fingerprint density at radius 1 is 1.40 bits per heavy atom. The van der Waals surface area contributed by atoms with Crippen LogP contribution in [0.4, 0.5) is 10.5 Å². The molecule has 1 aromatic rings. The fraction of sp³-hybridized carbons (Fsp3) is 0.385. The SMILES string of the molecule is N=C(N)COc1ccccc1NC(=O)N1CCOCC1. The molecule has 7 heteroatoms. The molecule has 7 nitrogen and oxygen atoms in total. The van der Waals surface area contributed by atoms with Crippen molar-refractivity contribution in [2.45, 2.75) is 0 Å². The van der Waals surface area contributed by atoms with Gasteiger partial charge in [0.15, 0.2) is 0 Å². The van der Waals surface area contributed by atoms with E-state index in [4.69, 9.17) is 20.6 Å². The minimum atomic E-state index is -0.188. The number of urea groups is 1. The molecule has 2 amide bonds. The highest BCUT2D eigenvalue weighted by Gasteiger charge is 2.17. The Bertz CT molecular complexity index is 486. The highest BCUT2D eigenvalue weighted by molar-refractivity contribution is 5.91. The van der Waals surface area contributed by atoms with Crippen LogP contribution in [-0.2, 0) is 4.74 Å². The average Bonchev–Trinajstić information content (AvgIpc) is 2.47. The van der Waals surface area contributed by atoms with Crippen molar-refractivity contribution in [2.24, 2.45) is 5.73 Å². The molecule has 0 atom stereocenters. The van der Waals surface area contributed by atoms with Crippen molar-refractivity contribution in [3.8, 4) is 5.75 Å². The largest absolute Gasteiger partial charge is 0.484 e. The van der Waals surface area contributed by atoms with Crippen molar-refractivity contribution in [3.05, 3.63) is 24.3 Å². The number of morpholine rings is 1. The van der Waals surface area contributed by atoms with Crippen molar-refractivity contribution in [3.63, 3.8) is 0 Å². The number of amidine groups is 1. The van der Waals surface area contributed by atoms with E-state index >= 15 is 0 Å². The quantitative estimate of drug-likeness (QED) is 0.562. The lowest BCUT2D eigenvalue weighted by Crippen LogP contribution is -2.43. The summed E-state index contributed by atoms with van der Waals surface area (Å²) in [5.41, 5.74) is 5.82. The molecule has 0 saturated carbocycles. The number of ether oxygens (including phenoxy) is 2. The van der Waals surface area contributed by atoms with Gasteiger partial charge in [-0.3, -0.25) is 5.41 Å². The molecule has 1 aromatic carbocycles. The number of rotatable bonds is 4. The van der Waals surface area contributed by atoms with E-state index in [1.807, 2.05) is 0 Å². The highest BCUT2D eigenvalue weighted by Crippen LogP contribution is 2.24. The zero-order valence-electron chi connectivity index (χ0n) is 11.1. The van der Waals surface area contributed by atoms with E-state index in [9.17, 15) is 4.79 Å². The number of carbonyl (C=O) groups is 1. The van der Waals surface area contributed by atoms with E-state index in [0.29, 0.717) is 37.7 Å². The molecule has 0 radical (unpaired) electrons. The Balaban J connectivity index is 2.00. The second-order valence-electron chi connectivity index (χ2n) is 4.34. The predicted octanol–water partition coefficient (Wildman–Crippen LogP) is 0.865. The molecule has 0 bridgehead atoms. The van der Waals surface area contributed by atoms with Crippen molar-refractivity contribution in [2.75, 3.05) is 38.2 Å². The number of hydrogen-bond acceptors (Lipinski definition) is 4. The average molecular weight is 278 g/mol. The van der Waals surface area contributed by atoms with Gasteiger partial charge in [-0.05, 0) is 12.1 Å². The standard InChI is InChI=1S/C13H18N4O3/c14-12(15)9-20-11-4-2-1-3-10(11)16-13(18)17-5-7-19-8-6-17/h1-4H,5-9H2,(H3,14,15)(H,16,18). The number of anilines is 1. The number of nitrogens with two attached hydrogens (primary N) is 1. The molecular weight excluding hydrogens is 260 g/mol. The van der Waals surface area contributed by atoms with Crippen molar-refractivity contribution in [1.82, 2.24) is 4.90 Å². The van der Waals surface area contributed by atoms with E-state index in [1.54, 1.807) is 29.2 Å². The lowest BCUT2D eigenvalue weighted by Gasteiger charge is -2.27. The third-order valence-electron chi connectivity index (χ3n) is 2.81. The summed E-state index contributed by atoms with van der Waals surface area (Å²) in [7, 11) is 0. The smallest absolute Gasteiger partial charge is 0.322 e. The Morgan fingerprint density at radius 2 is 2.10 bits per heavy atom. The van der Waals surface area contributed by atoms with Crippen molar-refractivity contribution < 1.29 is 14.3 Å². The summed E-state index contributed by atoms with van der Waals surface area (Å²) in [5.74, 6) is 0.420. The summed E-state index contributed by atoms with van der Waals surface area (Å²) in [6, 6.07) is 6.87. The van der Waals surface area contributed by atoms with Gasteiger partial charge in [-0.25, -0.2) is 4.79 Å². The summed E-state index contributed by atoms with van der Waals surface area (Å²) in [6.07, 6.45) is 0. The molecule has 108 valence electrons. The topological polar surface area (TPSA) is 101 Å². The molecule has 0 spiro atoms. The van der Waals surface area contributed by atoms with Crippen LogP contribution in [0.3, 0.4) is 0 Å². The number of hydrogen-bond donors (Lipinski definition) is 3. The second-order valence-corrected chi connectivity index (χ2v) is 4.34. The first-order valence-corrected chi connectivity index (χ1v) is 6.35. The maximum Gasteiger partial charge on any atom is 0.322 e. The molecule has 0 aliphatic carbocycles. The molecular formula is C13H18N4O3. The van der Waals surface area contributed by atoms with Gasteiger partial charge in [0.2, 0.25) is 0 Å². The van der Waals surface area contributed by atoms with Crippen LogP contribution in [0.2, 0.25) is 0 Å². The predicted molar refractivity (Wildman–Crippen MR) is 75.3 cm³/mol. The van der Waals surface area contributed by atoms with Crippen LogP contribution in [0.15, 0.2) is 24.3 Å². The third kappa shape index (κ3) is 3.86. The number of nitrogens with one attached hydrogen (secondary N) is 2. The maximum atomic E-state index is 12.1. The molecule has 2 rings (SSSR count). The Morgan fingerprint density at radius 3 is 2.80 bits per heavy atom. The molecule has 1 fully saturated rings. The van der Waals surface area contributed by atoms with Gasteiger partial charge >= 0.3 is 6.03 Å². The first kappa shape index (κ1) is 14.1. The van der Waals surface area contributed by atoms with Crippen LogP contribution in [0, 0.1) is 5.41 Å². The van der Waals surface area contributed by atoms with E-state index < -0.39 is 0 Å². The first-order valence-electron chi connectivity index (χ1n) is 6.35. The summed E-state index contributed by atoms with van der Waals surface area (Å²) < 4.78 is 10.6. The molecule has 1 aliphatic rings. The fourth-order valence-corrected chi connectivity index (χ4v) is 1.81. The van der Waals surface area contributed by atoms with Gasteiger partial charge in [0, 0.05) is 13.1 Å². The van der Waals surface area contributed by atoms with Gasteiger partial charge in [0.1, 0.15) is 18.2 Å². The normalized spacial score (nSPS) is 14.7. The summed E-state index contributed by atoms with van der Waals surface area (Å²) >= 11 is 0. The van der Waals surface area contributed by atoms with E-state index in [-0.39, 0.29) is 18.5 Å². The van der Waals surface area contributed by atoms with Gasteiger partial charge < -0.3 is 25.4 Å². The second kappa shape index (κ2) is 6.76. The Hall–Kier alpha value is -2.28. The van der Waals surface area contributed by atoms with E-state index in [2.05, 4.69) is 5.32 Å². The summed E-state index contributed by atoms with van der Waals surface area (Å²) in [4.78, 5) is 13.8. The maximum absolute atomic E-state index is 12.1. The zero-order chi connectivity index (χ0) is 14.4. The highest BCUT2D eigenvalue weighted by atomic mass is 16.5. The summed E-state index contributed by atoms with van der Waals surface area (Å²) in [5, 5.41) is 9.96. The molecule has 0 aromatic heterocycles. The van der Waals surface area contributed by atoms with Gasteiger partial charge in [-0.2, -0.15) is 0 Å². The van der Waals surface area contributed by atoms with E-state index in [0.717, 1.165) is 0 Å². The van der Waals surface area contributed by atoms with Crippen LogP contribution >= 0.6 is 0 Å². The van der Waals surface area contributed by atoms with Crippen molar-refractivity contribution in [1.29, 1.82) is 5.41 Å². The fourth-order valence-electron chi connectivity index (χ4n) is 1.81. The van der Waals surface area contributed by atoms with Crippen LogP contribution in [-0.4, -0.2) is 49.7 Å². The molecule has 0 unspecified atom stereocenters.